The Labute approximate surface area is 131 Å². The van der Waals surface area contributed by atoms with E-state index in [9.17, 15) is 14.7 Å². The number of carboxylic acids is 1. The predicted octanol–water partition coefficient (Wildman–Crippen LogP) is 2.17. The monoisotopic (exact) mass is 317 g/mol. The lowest BCUT2D eigenvalue weighted by molar-refractivity contribution is -0.141. The van der Waals surface area contributed by atoms with Crippen molar-refractivity contribution in [2.24, 2.45) is 0 Å². The van der Waals surface area contributed by atoms with Crippen LogP contribution >= 0.6 is 11.3 Å². The average Bonchev–Trinajstić information content (AvgIpc) is 3.14. The molecule has 1 aromatic carbocycles. The molecule has 22 heavy (non-hydrogen) atoms. The van der Waals surface area contributed by atoms with Crippen molar-refractivity contribution in [1.29, 1.82) is 0 Å². The van der Waals surface area contributed by atoms with Crippen molar-refractivity contribution in [3.63, 3.8) is 0 Å². The molecule has 1 aromatic heterocycles. The van der Waals surface area contributed by atoms with Gasteiger partial charge < -0.3 is 15.2 Å². The van der Waals surface area contributed by atoms with Crippen LogP contribution in [-0.4, -0.2) is 23.6 Å². The van der Waals surface area contributed by atoms with Crippen molar-refractivity contribution in [3.8, 4) is 5.75 Å². The summed E-state index contributed by atoms with van der Waals surface area (Å²) in [6, 6.07) is 7.92. The Morgan fingerprint density at radius 1 is 1.36 bits per heavy atom. The van der Waals surface area contributed by atoms with Crippen LogP contribution in [-0.2, 0) is 22.4 Å². The van der Waals surface area contributed by atoms with Crippen LogP contribution in [0.3, 0.4) is 0 Å². The fourth-order valence-corrected chi connectivity index (χ4v) is 3.16. The van der Waals surface area contributed by atoms with Crippen molar-refractivity contribution in [1.82, 2.24) is 5.32 Å². The standard InChI is InChI=1S/C16H15NO4S/c18-14(9-12-2-1-7-22-12)17-15(16(19)20)11-3-4-13-10(8-11)5-6-21-13/h1-4,7-8,15H,5-6,9H2,(H,17,18)(H,19,20). The van der Waals surface area contributed by atoms with Gasteiger partial charge in [-0.2, -0.15) is 0 Å². The number of fused-ring (bicyclic) bond motifs is 1. The minimum Gasteiger partial charge on any atom is -0.493 e. The van der Waals surface area contributed by atoms with Crippen LogP contribution in [0.25, 0.3) is 0 Å². The summed E-state index contributed by atoms with van der Waals surface area (Å²) >= 11 is 1.47. The molecule has 1 unspecified atom stereocenters. The van der Waals surface area contributed by atoms with E-state index in [4.69, 9.17) is 4.74 Å². The number of hydrogen-bond donors (Lipinski definition) is 2. The zero-order chi connectivity index (χ0) is 15.5. The number of carbonyl (C=O) groups is 2. The van der Waals surface area contributed by atoms with Crippen LogP contribution < -0.4 is 10.1 Å². The second kappa shape index (κ2) is 6.19. The minimum atomic E-state index is -1.07. The van der Waals surface area contributed by atoms with Crippen molar-refractivity contribution < 1.29 is 19.4 Å². The van der Waals surface area contributed by atoms with E-state index in [1.807, 2.05) is 17.5 Å². The molecule has 2 N–H and O–H groups in total. The molecule has 2 heterocycles. The van der Waals surface area contributed by atoms with Crippen molar-refractivity contribution >= 4 is 23.2 Å². The summed E-state index contributed by atoms with van der Waals surface area (Å²) in [5.41, 5.74) is 1.55. The Kier molecular flexibility index (Phi) is 4.11. The number of aliphatic carboxylic acids is 1. The summed E-state index contributed by atoms with van der Waals surface area (Å²) in [5, 5.41) is 13.9. The van der Waals surface area contributed by atoms with E-state index in [-0.39, 0.29) is 12.3 Å². The van der Waals surface area contributed by atoms with E-state index in [0.717, 1.165) is 22.6 Å². The van der Waals surface area contributed by atoms with Gasteiger partial charge in [0.15, 0.2) is 6.04 Å². The molecule has 3 rings (SSSR count). The lowest BCUT2D eigenvalue weighted by Crippen LogP contribution is -2.34. The Bertz CT molecular complexity index is 696. The molecule has 0 bridgehead atoms. The summed E-state index contributed by atoms with van der Waals surface area (Å²) in [4.78, 5) is 24.4. The van der Waals surface area contributed by atoms with E-state index < -0.39 is 12.0 Å². The Morgan fingerprint density at radius 3 is 2.95 bits per heavy atom. The largest absolute Gasteiger partial charge is 0.493 e. The highest BCUT2D eigenvalue weighted by Crippen LogP contribution is 2.28. The molecule has 1 aliphatic rings. The van der Waals surface area contributed by atoms with E-state index >= 15 is 0 Å². The third kappa shape index (κ3) is 3.12. The number of thiophene rings is 1. The van der Waals surface area contributed by atoms with Crippen LogP contribution in [0, 0.1) is 0 Å². The van der Waals surface area contributed by atoms with Gasteiger partial charge in [-0.15, -0.1) is 11.3 Å². The molecule has 0 aliphatic carbocycles. The first-order chi connectivity index (χ1) is 10.6. The van der Waals surface area contributed by atoms with Crippen molar-refractivity contribution in [2.75, 3.05) is 6.61 Å². The molecule has 1 aliphatic heterocycles. The van der Waals surface area contributed by atoms with Crippen LogP contribution in [0.1, 0.15) is 22.0 Å². The van der Waals surface area contributed by atoms with Gasteiger partial charge in [-0.3, -0.25) is 4.79 Å². The smallest absolute Gasteiger partial charge is 0.330 e. The second-order valence-electron chi connectivity index (χ2n) is 5.06. The van der Waals surface area contributed by atoms with Gasteiger partial charge in [0.2, 0.25) is 5.91 Å². The molecule has 0 saturated heterocycles. The number of amides is 1. The van der Waals surface area contributed by atoms with E-state index in [0.29, 0.717) is 12.2 Å². The van der Waals surface area contributed by atoms with Gasteiger partial charge in [0, 0.05) is 11.3 Å². The fraction of sp³-hybridized carbons (Fsp3) is 0.250. The van der Waals surface area contributed by atoms with E-state index in [2.05, 4.69) is 5.32 Å². The topological polar surface area (TPSA) is 75.6 Å². The van der Waals surface area contributed by atoms with Gasteiger partial charge in [0.05, 0.1) is 13.0 Å². The number of carboxylic acid groups (broad SMARTS) is 1. The highest BCUT2D eigenvalue weighted by molar-refractivity contribution is 7.10. The highest BCUT2D eigenvalue weighted by atomic mass is 32.1. The van der Waals surface area contributed by atoms with Crippen molar-refractivity contribution in [2.45, 2.75) is 18.9 Å². The number of nitrogens with one attached hydrogen (secondary N) is 1. The maximum Gasteiger partial charge on any atom is 0.330 e. The second-order valence-corrected chi connectivity index (χ2v) is 6.09. The molecule has 6 heteroatoms. The summed E-state index contributed by atoms with van der Waals surface area (Å²) in [5.74, 6) is -0.581. The number of rotatable bonds is 5. The van der Waals surface area contributed by atoms with Gasteiger partial charge in [-0.25, -0.2) is 4.79 Å². The number of hydrogen-bond acceptors (Lipinski definition) is 4. The predicted molar refractivity (Wildman–Crippen MR) is 82.2 cm³/mol. The Hall–Kier alpha value is -2.34. The quantitative estimate of drug-likeness (QED) is 0.886. The molecule has 2 aromatic rings. The van der Waals surface area contributed by atoms with Crippen LogP contribution in [0.5, 0.6) is 5.75 Å². The third-order valence-electron chi connectivity index (χ3n) is 3.51. The SMILES string of the molecule is O=C(Cc1cccs1)NC(C(=O)O)c1ccc2c(c1)CCO2. The Balaban J connectivity index is 1.75. The molecule has 0 radical (unpaired) electrons. The third-order valence-corrected chi connectivity index (χ3v) is 4.39. The van der Waals surface area contributed by atoms with Gasteiger partial charge in [-0.05, 0) is 34.7 Å². The molecule has 0 saturated carbocycles. The van der Waals surface area contributed by atoms with Crippen molar-refractivity contribution in [3.05, 3.63) is 51.7 Å². The molecular weight excluding hydrogens is 302 g/mol. The zero-order valence-electron chi connectivity index (χ0n) is 11.7. The van der Waals surface area contributed by atoms with E-state index in [1.165, 1.54) is 11.3 Å². The molecule has 1 amide bonds. The van der Waals surface area contributed by atoms with Crippen LogP contribution in [0.4, 0.5) is 0 Å². The molecule has 5 nitrogen and oxygen atoms in total. The molecule has 114 valence electrons. The molecular formula is C16H15NO4S. The highest BCUT2D eigenvalue weighted by Gasteiger charge is 2.24. The zero-order valence-corrected chi connectivity index (χ0v) is 12.6. The average molecular weight is 317 g/mol. The lowest BCUT2D eigenvalue weighted by atomic mass is 10.0. The number of ether oxygens (including phenoxy) is 1. The van der Waals surface area contributed by atoms with E-state index in [1.54, 1.807) is 18.2 Å². The summed E-state index contributed by atoms with van der Waals surface area (Å²) in [6.45, 7) is 0.612. The maximum atomic E-state index is 12.0. The minimum absolute atomic E-state index is 0.190. The maximum absolute atomic E-state index is 12.0. The van der Waals surface area contributed by atoms with Gasteiger partial charge in [0.25, 0.3) is 0 Å². The molecule has 0 spiro atoms. The van der Waals surface area contributed by atoms with Crippen LogP contribution in [0.2, 0.25) is 0 Å². The molecule has 0 fully saturated rings. The molecule has 1 atom stereocenters. The summed E-state index contributed by atoms with van der Waals surface area (Å²) in [7, 11) is 0. The van der Waals surface area contributed by atoms with Gasteiger partial charge >= 0.3 is 5.97 Å². The lowest BCUT2D eigenvalue weighted by Gasteiger charge is -2.15. The fourth-order valence-electron chi connectivity index (χ4n) is 2.46. The van der Waals surface area contributed by atoms with Gasteiger partial charge in [-0.1, -0.05) is 12.1 Å². The summed E-state index contributed by atoms with van der Waals surface area (Å²) in [6.07, 6.45) is 0.953. The number of carbonyl (C=O) groups excluding carboxylic acids is 1. The van der Waals surface area contributed by atoms with Gasteiger partial charge in [0.1, 0.15) is 5.75 Å². The first kappa shape index (κ1) is 14.6. The number of benzene rings is 1. The normalized spacial score (nSPS) is 14.0. The Morgan fingerprint density at radius 2 is 2.23 bits per heavy atom. The first-order valence-corrected chi connectivity index (χ1v) is 7.81. The first-order valence-electron chi connectivity index (χ1n) is 6.93. The van der Waals surface area contributed by atoms with Crippen LogP contribution in [0.15, 0.2) is 35.7 Å². The summed E-state index contributed by atoms with van der Waals surface area (Å²) < 4.78 is 5.41.